The molecule has 130 valence electrons. The second-order valence-electron chi connectivity index (χ2n) is 5.54. The van der Waals surface area contributed by atoms with Gasteiger partial charge in [-0.15, -0.1) is 0 Å². The first kappa shape index (κ1) is 18.1. The molecule has 0 aliphatic carbocycles. The number of hydrazone groups is 1. The first-order chi connectivity index (χ1) is 11.9. The zero-order valence-corrected chi connectivity index (χ0v) is 14.3. The van der Waals surface area contributed by atoms with Crippen molar-refractivity contribution in [2.24, 2.45) is 5.10 Å². The molecule has 25 heavy (non-hydrogen) atoms. The predicted molar refractivity (Wildman–Crippen MR) is 94.9 cm³/mol. The zero-order valence-electron chi connectivity index (χ0n) is 14.3. The first-order valence-electron chi connectivity index (χ1n) is 7.65. The number of rotatable bonds is 6. The van der Waals surface area contributed by atoms with Gasteiger partial charge < -0.3 is 4.74 Å². The minimum Gasteiger partial charge on any atom is -0.477 e. The fourth-order valence-electron chi connectivity index (χ4n) is 2.08. The van der Waals surface area contributed by atoms with Gasteiger partial charge in [0.2, 0.25) is 0 Å². The number of nitrogens with zero attached hydrogens (tertiary/aromatic N) is 2. The largest absolute Gasteiger partial charge is 0.477 e. The zero-order chi connectivity index (χ0) is 18.4. The van der Waals surface area contributed by atoms with Crippen LogP contribution in [0.1, 0.15) is 23.6 Å². The van der Waals surface area contributed by atoms with Gasteiger partial charge in [0, 0.05) is 6.07 Å². The van der Waals surface area contributed by atoms with Crippen LogP contribution in [0, 0.1) is 24.0 Å². The maximum absolute atomic E-state index is 11.8. The van der Waals surface area contributed by atoms with Gasteiger partial charge in [-0.25, -0.2) is 5.43 Å². The van der Waals surface area contributed by atoms with Gasteiger partial charge in [-0.2, -0.15) is 5.10 Å². The number of nitro benzene ring substituents is 1. The summed E-state index contributed by atoms with van der Waals surface area (Å²) in [5.41, 5.74) is 6.07. The number of ether oxygens (including phenoxy) is 1. The molecule has 1 amide bonds. The molecule has 0 bridgehead atoms. The van der Waals surface area contributed by atoms with Crippen molar-refractivity contribution in [1.82, 2.24) is 5.43 Å². The van der Waals surface area contributed by atoms with E-state index >= 15 is 0 Å². The van der Waals surface area contributed by atoms with Gasteiger partial charge in [0.05, 0.1) is 10.6 Å². The van der Waals surface area contributed by atoms with Crippen molar-refractivity contribution in [3.8, 4) is 5.75 Å². The highest BCUT2D eigenvalue weighted by atomic mass is 16.6. The molecule has 7 heteroatoms. The summed E-state index contributed by atoms with van der Waals surface area (Å²) >= 11 is 0. The van der Waals surface area contributed by atoms with Gasteiger partial charge in [-0.3, -0.25) is 14.9 Å². The molecule has 2 aromatic rings. The SMILES string of the molecule is C/C(=N\NC(=O)COc1ccccc1[N+](=O)[O-])c1ccc(C)c(C)c1. The number of aryl methyl sites for hydroxylation is 2. The minimum absolute atomic E-state index is 0.0394. The van der Waals surface area contributed by atoms with Crippen LogP contribution < -0.4 is 10.2 Å². The topological polar surface area (TPSA) is 93.8 Å². The number of nitrogens with one attached hydrogen (secondary N) is 1. The molecule has 0 spiro atoms. The van der Waals surface area contributed by atoms with Crippen molar-refractivity contribution >= 4 is 17.3 Å². The maximum atomic E-state index is 11.8. The predicted octanol–water partition coefficient (Wildman–Crippen LogP) is 3.13. The van der Waals surface area contributed by atoms with Crippen LogP contribution in [0.3, 0.4) is 0 Å². The van der Waals surface area contributed by atoms with Crippen LogP contribution >= 0.6 is 0 Å². The Morgan fingerprint density at radius 2 is 1.92 bits per heavy atom. The van der Waals surface area contributed by atoms with Gasteiger partial charge >= 0.3 is 5.69 Å². The fraction of sp³-hybridized carbons (Fsp3) is 0.222. The molecular formula is C18H19N3O4. The van der Waals surface area contributed by atoms with Gasteiger partial charge in [0.15, 0.2) is 12.4 Å². The Morgan fingerprint density at radius 3 is 2.60 bits per heavy atom. The number of carbonyl (C=O) groups excluding carboxylic acids is 1. The van der Waals surface area contributed by atoms with E-state index in [9.17, 15) is 14.9 Å². The van der Waals surface area contributed by atoms with E-state index in [-0.39, 0.29) is 18.0 Å². The van der Waals surface area contributed by atoms with Gasteiger partial charge in [0.25, 0.3) is 5.91 Å². The van der Waals surface area contributed by atoms with E-state index < -0.39 is 10.8 Å². The van der Waals surface area contributed by atoms with Crippen molar-refractivity contribution in [1.29, 1.82) is 0 Å². The number of amides is 1. The van der Waals surface area contributed by atoms with Gasteiger partial charge in [-0.1, -0.05) is 24.3 Å². The standard InChI is InChI=1S/C18H19N3O4/c1-12-8-9-15(10-13(12)2)14(3)19-20-18(22)11-25-17-7-5-4-6-16(17)21(23)24/h4-10H,11H2,1-3H3,(H,20,22)/b19-14+. The van der Waals surface area contributed by atoms with E-state index in [1.54, 1.807) is 13.0 Å². The van der Waals surface area contributed by atoms with E-state index in [1.165, 1.54) is 23.8 Å². The molecule has 7 nitrogen and oxygen atoms in total. The summed E-state index contributed by atoms with van der Waals surface area (Å²) in [5, 5.41) is 14.9. The Hall–Kier alpha value is -3.22. The molecule has 0 saturated carbocycles. The second kappa shape index (κ2) is 8.05. The van der Waals surface area contributed by atoms with E-state index in [0.29, 0.717) is 5.71 Å². The quantitative estimate of drug-likeness (QED) is 0.496. The Bertz CT molecular complexity index is 831. The summed E-state index contributed by atoms with van der Waals surface area (Å²) in [6, 6.07) is 11.8. The number of benzene rings is 2. The molecule has 0 aliphatic rings. The lowest BCUT2D eigenvalue weighted by Gasteiger charge is -2.07. The first-order valence-corrected chi connectivity index (χ1v) is 7.65. The van der Waals surface area contributed by atoms with Crippen molar-refractivity contribution in [2.45, 2.75) is 20.8 Å². The van der Waals surface area contributed by atoms with Crippen LogP contribution in [-0.2, 0) is 4.79 Å². The second-order valence-corrected chi connectivity index (χ2v) is 5.54. The number of hydrogen-bond donors (Lipinski definition) is 1. The average molecular weight is 341 g/mol. The van der Waals surface area contributed by atoms with E-state index in [2.05, 4.69) is 10.5 Å². The molecular weight excluding hydrogens is 322 g/mol. The molecule has 2 aromatic carbocycles. The van der Waals surface area contributed by atoms with Gasteiger partial charge in [0.1, 0.15) is 0 Å². The molecule has 0 saturated heterocycles. The summed E-state index contributed by atoms with van der Waals surface area (Å²) < 4.78 is 5.21. The van der Waals surface area contributed by atoms with Crippen LogP contribution in [0.4, 0.5) is 5.69 Å². The Labute approximate surface area is 145 Å². The van der Waals surface area contributed by atoms with Crippen molar-refractivity contribution in [2.75, 3.05) is 6.61 Å². The third-order valence-corrected chi connectivity index (χ3v) is 3.69. The monoisotopic (exact) mass is 341 g/mol. The third-order valence-electron chi connectivity index (χ3n) is 3.69. The highest BCUT2D eigenvalue weighted by Gasteiger charge is 2.14. The summed E-state index contributed by atoms with van der Waals surface area (Å²) in [4.78, 5) is 22.2. The number of para-hydroxylation sites is 2. The highest BCUT2D eigenvalue weighted by molar-refractivity contribution is 5.99. The average Bonchev–Trinajstić information content (AvgIpc) is 2.60. The molecule has 0 radical (unpaired) electrons. The molecule has 0 aliphatic heterocycles. The lowest BCUT2D eigenvalue weighted by molar-refractivity contribution is -0.385. The van der Waals surface area contributed by atoms with E-state index in [1.807, 2.05) is 32.0 Å². The molecule has 0 fully saturated rings. The fourth-order valence-corrected chi connectivity index (χ4v) is 2.08. The number of carbonyl (C=O) groups is 1. The summed E-state index contributed by atoms with van der Waals surface area (Å²) in [6.45, 7) is 5.45. The van der Waals surface area contributed by atoms with Crippen molar-refractivity contribution in [3.63, 3.8) is 0 Å². The summed E-state index contributed by atoms with van der Waals surface area (Å²) in [7, 11) is 0. The minimum atomic E-state index is -0.560. The Kier molecular flexibility index (Phi) is 5.84. The molecule has 1 N–H and O–H groups in total. The summed E-state index contributed by atoms with van der Waals surface area (Å²) in [5.74, 6) is -0.459. The molecule has 0 atom stereocenters. The molecule has 0 unspecified atom stereocenters. The van der Waals surface area contributed by atoms with Crippen LogP contribution in [0.15, 0.2) is 47.6 Å². The van der Waals surface area contributed by atoms with Crippen LogP contribution in [-0.4, -0.2) is 23.1 Å². The summed E-state index contributed by atoms with van der Waals surface area (Å²) in [6.07, 6.45) is 0. The van der Waals surface area contributed by atoms with Crippen LogP contribution in [0.5, 0.6) is 5.75 Å². The maximum Gasteiger partial charge on any atom is 0.310 e. The number of hydrogen-bond acceptors (Lipinski definition) is 5. The lowest BCUT2D eigenvalue weighted by atomic mass is 10.0. The van der Waals surface area contributed by atoms with E-state index in [4.69, 9.17) is 4.74 Å². The number of nitro groups is 1. The molecule has 0 heterocycles. The molecule has 2 rings (SSSR count). The van der Waals surface area contributed by atoms with Crippen molar-refractivity contribution < 1.29 is 14.5 Å². The molecule has 0 aromatic heterocycles. The lowest BCUT2D eigenvalue weighted by Crippen LogP contribution is -2.25. The normalized spacial score (nSPS) is 11.1. The van der Waals surface area contributed by atoms with Gasteiger partial charge in [-0.05, 0) is 49.6 Å². The third kappa shape index (κ3) is 4.87. The van der Waals surface area contributed by atoms with Crippen molar-refractivity contribution in [3.05, 3.63) is 69.3 Å². The Morgan fingerprint density at radius 1 is 1.20 bits per heavy atom. The van der Waals surface area contributed by atoms with Crippen LogP contribution in [0.25, 0.3) is 0 Å². The Balaban J connectivity index is 1.96. The van der Waals surface area contributed by atoms with E-state index in [0.717, 1.165) is 11.1 Å². The highest BCUT2D eigenvalue weighted by Crippen LogP contribution is 2.25. The van der Waals surface area contributed by atoms with Crippen LogP contribution in [0.2, 0.25) is 0 Å². The smallest absolute Gasteiger partial charge is 0.310 e.